The van der Waals surface area contributed by atoms with E-state index in [1.54, 1.807) is 37.1 Å². The van der Waals surface area contributed by atoms with Crippen molar-refractivity contribution in [1.82, 2.24) is 9.55 Å². The summed E-state index contributed by atoms with van der Waals surface area (Å²) in [6.07, 6.45) is 2.77. The van der Waals surface area contributed by atoms with Crippen LogP contribution in [0.25, 0.3) is 0 Å². The van der Waals surface area contributed by atoms with E-state index in [-0.39, 0.29) is 12.5 Å². The van der Waals surface area contributed by atoms with Gasteiger partial charge in [0.25, 0.3) is 0 Å². The summed E-state index contributed by atoms with van der Waals surface area (Å²) in [6.45, 7) is 6.32. The number of hydrogen-bond acceptors (Lipinski definition) is 4. The summed E-state index contributed by atoms with van der Waals surface area (Å²) in [5.74, 6) is 0.158. The van der Waals surface area contributed by atoms with Gasteiger partial charge in [-0.1, -0.05) is 48.8 Å². The molecular weight excluding hydrogens is 427 g/mol. The Labute approximate surface area is 185 Å². The molecule has 1 aromatic carbocycles. The van der Waals surface area contributed by atoms with Crippen molar-refractivity contribution in [3.05, 3.63) is 75.2 Å². The topological polar surface area (TPSA) is 58.3 Å². The second-order valence-electron chi connectivity index (χ2n) is 7.22. The molecule has 0 bridgehead atoms. The van der Waals surface area contributed by atoms with Crippen LogP contribution in [0.15, 0.2) is 52.6 Å². The molecule has 1 unspecified atom stereocenters. The first-order valence-electron chi connectivity index (χ1n) is 9.38. The van der Waals surface area contributed by atoms with Crippen molar-refractivity contribution in [2.75, 3.05) is 0 Å². The van der Waals surface area contributed by atoms with Crippen LogP contribution in [-0.4, -0.2) is 19.8 Å². The fraction of sp³-hybridized carbons (Fsp3) is 0.318. The average Bonchev–Trinajstić information content (AvgIpc) is 2.95. The minimum Gasteiger partial charge on any atom is -0.392 e. The first-order chi connectivity index (χ1) is 13.8. The molecule has 0 saturated carbocycles. The van der Waals surface area contributed by atoms with Crippen molar-refractivity contribution in [2.24, 2.45) is 0 Å². The molecular formula is C22H24Cl2N2O2S. The molecule has 29 heavy (non-hydrogen) atoms. The Balaban J connectivity index is 2.22. The molecule has 2 heterocycles. The molecule has 0 spiro atoms. The number of nitrogens with zero attached hydrogens (tertiary/aromatic N) is 2. The van der Waals surface area contributed by atoms with E-state index in [4.69, 9.17) is 23.2 Å². The second kappa shape index (κ2) is 9.54. The van der Waals surface area contributed by atoms with Crippen LogP contribution in [0.5, 0.6) is 0 Å². The van der Waals surface area contributed by atoms with Gasteiger partial charge in [0, 0.05) is 39.4 Å². The van der Waals surface area contributed by atoms with Crippen LogP contribution >= 0.6 is 35.0 Å². The zero-order valence-corrected chi connectivity index (χ0v) is 18.9. The van der Waals surface area contributed by atoms with Crippen LogP contribution in [-0.2, 0) is 13.2 Å². The summed E-state index contributed by atoms with van der Waals surface area (Å²) in [6, 6.07) is 9.33. The van der Waals surface area contributed by atoms with Crippen molar-refractivity contribution >= 4 is 35.0 Å². The summed E-state index contributed by atoms with van der Waals surface area (Å²) in [5.41, 5.74) is 3.59. The Morgan fingerprint density at radius 2 is 1.69 bits per heavy atom. The van der Waals surface area contributed by atoms with E-state index in [0.29, 0.717) is 16.6 Å². The smallest absolute Gasteiger partial charge is 0.0915 e. The van der Waals surface area contributed by atoms with Crippen LogP contribution in [0, 0.1) is 0 Å². The molecule has 154 valence electrons. The quantitative estimate of drug-likeness (QED) is 0.459. The predicted octanol–water partition coefficient (Wildman–Crippen LogP) is 6.06. The molecule has 0 fully saturated rings. The van der Waals surface area contributed by atoms with Gasteiger partial charge in [-0.15, -0.1) is 0 Å². The number of pyridine rings is 1. The normalized spacial score (nSPS) is 12.6. The summed E-state index contributed by atoms with van der Waals surface area (Å²) in [7, 11) is 0. The number of benzene rings is 1. The Hall–Kier alpha value is -1.50. The van der Waals surface area contributed by atoms with Crippen LogP contribution in [0.3, 0.4) is 0 Å². The van der Waals surface area contributed by atoms with E-state index in [1.807, 2.05) is 24.3 Å². The maximum absolute atomic E-state index is 10.6. The first kappa shape index (κ1) is 22.2. The molecule has 1 atom stereocenters. The van der Waals surface area contributed by atoms with Gasteiger partial charge in [0.05, 0.1) is 23.4 Å². The number of rotatable bonds is 7. The molecule has 7 heteroatoms. The molecule has 0 radical (unpaired) electrons. The highest BCUT2D eigenvalue weighted by molar-refractivity contribution is 7.99. The van der Waals surface area contributed by atoms with Crippen LogP contribution in [0.4, 0.5) is 0 Å². The monoisotopic (exact) mass is 450 g/mol. The van der Waals surface area contributed by atoms with Gasteiger partial charge in [-0.2, -0.15) is 0 Å². The van der Waals surface area contributed by atoms with Crippen LogP contribution < -0.4 is 0 Å². The van der Waals surface area contributed by atoms with E-state index in [0.717, 1.165) is 32.3 Å². The van der Waals surface area contributed by atoms with Gasteiger partial charge in [0.1, 0.15) is 0 Å². The van der Waals surface area contributed by atoms with Gasteiger partial charge >= 0.3 is 0 Å². The first-order valence-corrected chi connectivity index (χ1v) is 11.0. The Morgan fingerprint density at radius 3 is 2.21 bits per heavy atom. The molecule has 0 aliphatic heterocycles. The minimum absolute atomic E-state index is 0.138. The number of aromatic nitrogens is 2. The molecule has 0 saturated heterocycles. The maximum Gasteiger partial charge on any atom is 0.0915 e. The summed E-state index contributed by atoms with van der Waals surface area (Å²) < 4.78 is 2.08. The van der Waals surface area contributed by atoms with Crippen LogP contribution in [0.1, 0.15) is 55.2 Å². The highest BCUT2D eigenvalue weighted by Crippen LogP contribution is 2.43. The van der Waals surface area contributed by atoms with E-state index in [2.05, 4.69) is 23.4 Å². The lowest BCUT2D eigenvalue weighted by Gasteiger charge is -2.16. The Bertz CT molecular complexity index is 968. The minimum atomic E-state index is -0.728. The summed E-state index contributed by atoms with van der Waals surface area (Å²) in [5, 5.41) is 22.8. The van der Waals surface area contributed by atoms with Gasteiger partial charge in [-0.05, 0) is 54.3 Å². The van der Waals surface area contributed by atoms with E-state index in [9.17, 15) is 10.2 Å². The zero-order valence-electron chi connectivity index (χ0n) is 16.6. The molecule has 0 amide bonds. The molecule has 3 aromatic rings. The fourth-order valence-corrected chi connectivity index (χ4v) is 5.55. The second-order valence-corrected chi connectivity index (χ2v) is 9.16. The lowest BCUT2D eigenvalue weighted by molar-refractivity contribution is 0.183. The van der Waals surface area contributed by atoms with Gasteiger partial charge in [-0.25, -0.2) is 0 Å². The highest BCUT2D eigenvalue weighted by atomic mass is 35.5. The van der Waals surface area contributed by atoms with Crippen molar-refractivity contribution in [3.8, 4) is 0 Å². The van der Waals surface area contributed by atoms with Gasteiger partial charge in [0.15, 0.2) is 0 Å². The lowest BCUT2D eigenvalue weighted by Crippen LogP contribution is -2.10. The number of hydrogen-bond donors (Lipinski definition) is 2. The van der Waals surface area contributed by atoms with E-state index >= 15 is 0 Å². The molecule has 2 N–H and O–H groups in total. The van der Waals surface area contributed by atoms with Gasteiger partial charge < -0.3 is 14.8 Å². The largest absolute Gasteiger partial charge is 0.392 e. The number of halogens is 2. The standard InChI is InChI=1S/C22H24Cl2N2O2S/c1-13(2)20-19(12-27)21(14(3)28)26(11-15-4-6-25-7-5-15)22(20)29-18-9-16(23)8-17(24)10-18/h4-10,13-14,27-28H,11-12H2,1-3H3. The van der Waals surface area contributed by atoms with E-state index < -0.39 is 6.10 Å². The summed E-state index contributed by atoms with van der Waals surface area (Å²) >= 11 is 14.0. The number of aliphatic hydroxyl groups is 2. The molecule has 4 nitrogen and oxygen atoms in total. The summed E-state index contributed by atoms with van der Waals surface area (Å²) in [4.78, 5) is 4.99. The number of aliphatic hydroxyl groups excluding tert-OH is 2. The predicted molar refractivity (Wildman–Crippen MR) is 119 cm³/mol. The molecule has 0 aliphatic rings. The van der Waals surface area contributed by atoms with E-state index in [1.165, 1.54) is 0 Å². The molecule has 2 aromatic heterocycles. The van der Waals surface area contributed by atoms with Crippen molar-refractivity contribution in [2.45, 2.75) is 55.9 Å². The third-order valence-corrected chi connectivity index (χ3v) is 6.21. The lowest BCUT2D eigenvalue weighted by atomic mass is 10.00. The SMILES string of the molecule is CC(C)c1c(CO)c(C(C)O)n(Cc2ccncc2)c1Sc1cc(Cl)cc(Cl)c1. The van der Waals surface area contributed by atoms with Crippen molar-refractivity contribution in [1.29, 1.82) is 0 Å². The average molecular weight is 451 g/mol. The van der Waals surface area contributed by atoms with Crippen molar-refractivity contribution in [3.63, 3.8) is 0 Å². The van der Waals surface area contributed by atoms with Gasteiger partial charge in [0.2, 0.25) is 0 Å². The Kier molecular flexibility index (Phi) is 7.30. The molecule has 0 aliphatic carbocycles. The Morgan fingerprint density at radius 1 is 1.07 bits per heavy atom. The fourth-order valence-electron chi connectivity index (χ4n) is 3.56. The third-order valence-electron chi connectivity index (χ3n) is 4.67. The van der Waals surface area contributed by atoms with Gasteiger partial charge in [-0.3, -0.25) is 4.98 Å². The zero-order chi connectivity index (χ0) is 21.1. The highest BCUT2D eigenvalue weighted by Gasteiger charge is 2.27. The third kappa shape index (κ3) is 4.98. The van der Waals surface area contributed by atoms with Crippen molar-refractivity contribution < 1.29 is 10.2 Å². The molecule has 3 rings (SSSR count). The van der Waals surface area contributed by atoms with Crippen LogP contribution in [0.2, 0.25) is 10.0 Å². The maximum atomic E-state index is 10.6.